The van der Waals surface area contributed by atoms with Gasteiger partial charge in [-0.1, -0.05) is 19.1 Å². The van der Waals surface area contributed by atoms with Crippen LogP contribution in [-0.2, 0) is 11.2 Å². The molecule has 0 spiro atoms. The van der Waals surface area contributed by atoms with Gasteiger partial charge in [0.25, 0.3) is 0 Å². The van der Waals surface area contributed by atoms with Crippen molar-refractivity contribution in [1.29, 1.82) is 0 Å². The van der Waals surface area contributed by atoms with Crippen molar-refractivity contribution < 1.29 is 9.18 Å². The van der Waals surface area contributed by atoms with Crippen molar-refractivity contribution >= 4 is 6.29 Å². The predicted molar refractivity (Wildman–Crippen MR) is 49.9 cm³/mol. The van der Waals surface area contributed by atoms with Crippen molar-refractivity contribution in [2.24, 2.45) is 5.92 Å². The molecule has 70 valence electrons. The Kier molecular flexibility index (Phi) is 3.62. The van der Waals surface area contributed by atoms with Gasteiger partial charge in [-0.05, 0) is 30.5 Å². The number of halogens is 1. The second kappa shape index (κ2) is 4.75. The second-order valence-electron chi connectivity index (χ2n) is 3.28. The third-order valence-corrected chi connectivity index (χ3v) is 2.03. The van der Waals surface area contributed by atoms with Gasteiger partial charge in [0.2, 0.25) is 0 Å². The van der Waals surface area contributed by atoms with E-state index in [2.05, 4.69) is 0 Å². The van der Waals surface area contributed by atoms with E-state index in [1.54, 1.807) is 12.1 Å². The molecule has 1 aromatic carbocycles. The van der Waals surface area contributed by atoms with Crippen molar-refractivity contribution in [1.82, 2.24) is 0 Å². The van der Waals surface area contributed by atoms with E-state index in [9.17, 15) is 9.18 Å². The van der Waals surface area contributed by atoms with Crippen LogP contribution in [0.5, 0.6) is 0 Å². The van der Waals surface area contributed by atoms with E-state index >= 15 is 0 Å². The monoisotopic (exact) mass is 180 g/mol. The van der Waals surface area contributed by atoms with Crippen molar-refractivity contribution in [3.63, 3.8) is 0 Å². The zero-order chi connectivity index (χ0) is 9.68. The highest BCUT2D eigenvalue weighted by molar-refractivity contribution is 5.52. The lowest BCUT2D eigenvalue weighted by Gasteiger charge is -2.02. The van der Waals surface area contributed by atoms with Crippen LogP contribution < -0.4 is 0 Å². The third kappa shape index (κ3) is 3.36. The van der Waals surface area contributed by atoms with E-state index in [1.807, 2.05) is 6.92 Å². The molecule has 0 aliphatic carbocycles. The second-order valence-corrected chi connectivity index (χ2v) is 3.28. The lowest BCUT2D eigenvalue weighted by molar-refractivity contribution is -0.110. The Morgan fingerprint density at radius 1 is 1.38 bits per heavy atom. The van der Waals surface area contributed by atoms with E-state index in [4.69, 9.17) is 0 Å². The van der Waals surface area contributed by atoms with Crippen LogP contribution in [0.15, 0.2) is 24.3 Å². The number of hydrogen-bond donors (Lipinski definition) is 0. The Labute approximate surface area is 77.6 Å². The van der Waals surface area contributed by atoms with E-state index in [0.717, 1.165) is 24.7 Å². The maximum atomic E-state index is 12.5. The molecule has 0 saturated heterocycles. The lowest BCUT2D eigenvalue weighted by atomic mass is 10.0. The average molecular weight is 180 g/mol. The summed E-state index contributed by atoms with van der Waals surface area (Å²) < 4.78 is 12.5. The average Bonchev–Trinajstić information content (AvgIpc) is 2.16. The summed E-state index contributed by atoms with van der Waals surface area (Å²) >= 11 is 0. The molecule has 1 atom stereocenters. The van der Waals surface area contributed by atoms with Crippen LogP contribution >= 0.6 is 0 Å². The molecular formula is C11H13FO. The van der Waals surface area contributed by atoms with E-state index in [1.165, 1.54) is 12.1 Å². The summed E-state index contributed by atoms with van der Waals surface area (Å²) in [5.41, 5.74) is 1.08. The molecule has 13 heavy (non-hydrogen) atoms. The quantitative estimate of drug-likeness (QED) is 0.651. The summed E-state index contributed by atoms with van der Waals surface area (Å²) in [7, 11) is 0. The number of hydrogen-bond acceptors (Lipinski definition) is 1. The van der Waals surface area contributed by atoms with Gasteiger partial charge in [-0.2, -0.15) is 0 Å². The van der Waals surface area contributed by atoms with Crippen LogP contribution in [0.1, 0.15) is 18.9 Å². The number of rotatable bonds is 4. The number of carbonyl (C=O) groups excluding carboxylic acids is 1. The standard InChI is InChI=1S/C11H13FO/c1-9(8-13)2-3-10-4-6-11(12)7-5-10/h4-9H,2-3H2,1H3. The Hall–Kier alpha value is -1.18. The highest BCUT2D eigenvalue weighted by Crippen LogP contribution is 2.08. The number of benzene rings is 1. The van der Waals surface area contributed by atoms with Crippen molar-refractivity contribution in [2.45, 2.75) is 19.8 Å². The SMILES string of the molecule is CC(C=O)CCc1ccc(F)cc1. The van der Waals surface area contributed by atoms with Crippen molar-refractivity contribution in [2.75, 3.05) is 0 Å². The molecule has 1 nitrogen and oxygen atoms in total. The fourth-order valence-corrected chi connectivity index (χ4v) is 1.11. The summed E-state index contributed by atoms with van der Waals surface area (Å²) in [6.07, 6.45) is 2.61. The highest BCUT2D eigenvalue weighted by atomic mass is 19.1. The fourth-order valence-electron chi connectivity index (χ4n) is 1.11. The number of aldehydes is 1. The molecule has 0 radical (unpaired) electrons. The smallest absolute Gasteiger partial charge is 0.123 e. The Morgan fingerprint density at radius 2 is 2.00 bits per heavy atom. The van der Waals surface area contributed by atoms with Crippen LogP contribution in [-0.4, -0.2) is 6.29 Å². The normalized spacial score (nSPS) is 12.5. The molecule has 1 aromatic rings. The predicted octanol–water partition coefficient (Wildman–Crippen LogP) is 2.59. The zero-order valence-electron chi connectivity index (χ0n) is 7.66. The zero-order valence-corrected chi connectivity index (χ0v) is 7.66. The molecule has 0 aromatic heterocycles. The van der Waals surface area contributed by atoms with Gasteiger partial charge in [0, 0.05) is 5.92 Å². The van der Waals surface area contributed by atoms with E-state index < -0.39 is 0 Å². The number of carbonyl (C=O) groups is 1. The molecule has 0 fully saturated rings. The largest absolute Gasteiger partial charge is 0.303 e. The first kappa shape index (κ1) is 9.90. The summed E-state index contributed by atoms with van der Waals surface area (Å²) in [5, 5.41) is 0. The maximum absolute atomic E-state index is 12.5. The molecule has 1 unspecified atom stereocenters. The molecule has 0 saturated carbocycles. The van der Waals surface area contributed by atoms with Gasteiger partial charge in [-0.15, -0.1) is 0 Å². The van der Waals surface area contributed by atoms with Gasteiger partial charge in [-0.25, -0.2) is 4.39 Å². The first-order valence-corrected chi connectivity index (χ1v) is 4.42. The molecule has 0 amide bonds. The Balaban J connectivity index is 2.45. The van der Waals surface area contributed by atoms with Gasteiger partial charge < -0.3 is 4.79 Å². The molecule has 0 bridgehead atoms. The first-order valence-electron chi connectivity index (χ1n) is 4.42. The molecule has 0 N–H and O–H groups in total. The molecule has 1 rings (SSSR count). The third-order valence-electron chi connectivity index (χ3n) is 2.03. The first-order chi connectivity index (χ1) is 6.22. The summed E-state index contributed by atoms with van der Waals surface area (Å²) in [5.74, 6) is -0.128. The lowest BCUT2D eigenvalue weighted by Crippen LogP contribution is -1.97. The van der Waals surface area contributed by atoms with Crippen LogP contribution in [0.2, 0.25) is 0 Å². The summed E-state index contributed by atoms with van der Waals surface area (Å²) in [6, 6.07) is 6.40. The summed E-state index contributed by atoms with van der Waals surface area (Å²) in [6.45, 7) is 1.89. The van der Waals surface area contributed by atoms with Gasteiger partial charge in [0.1, 0.15) is 12.1 Å². The van der Waals surface area contributed by atoms with Crippen LogP contribution in [0, 0.1) is 11.7 Å². The summed E-state index contributed by atoms with van der Waals surface area (Å²) in [4.78, 5) is 10.3. The van der Waals surface area contributed by atoms with Gasteiger partial charge in [0.15, 0.2) is 0 Å². The molecule has 0 aliphatic heterocycles. The van der Waals surface area contributed by atoms with Gasteiger partial charge >= 0.3 is 0 Å². The van der Waals surface area contributed by atoms with Gasteiger partial charge in [-0.3, -0.25) is 0 Å². The molecule has 0 aliphatic rings. The minimum Gasteiger partial charge on any atom is -0.303 e. The van der Waals surface area contributed by atoms with E-state index in [-0.39, 0.29) is 11.7 Å². The maximum Gasteiger partial charge on any atom is 0.123 e. The van der Waals surface area contributed by atoms with Crippen molar-refractivity contribution in [3.8, 4) is 0 Å². The van der Waals surface area contributed by atoms with Crippen LogP contribution in [0.3, 0.4) is 0 Å². The van der Waals surface area contributed by atoms with Crippen molar-refractivity contribution in [3.05, 3.63) is 35.6 Å². The Morgan fingerprint density at radius 3 is 2.54 bits per heavy atom. The van der Waals surface area contributed by atoms with Gasteiger partial charge in [0.05, 0.1) is 0 Å². The molecular weight excluding hydrogens is 167 g/mol. The Bertz CT molecular complexity index is 266. The van der Waals surface area contributed by atoms with E-state index in [0.29, 0.717) is 0 Å². The topological polar surface area (TPSA) is 17.1 Å². The van der Waals surface area contributed by atoms with Crippen LogP contribution in [0.4, 0.5) is 4.39 Å². The molecule has 2 heteroatoms. The highest BCUT2D eigenvalue weighted by Gasteiger charge is 2.00. The minimum absolute atomic E-state index is 0.0880. The van der Waals surface area contributed by atoms with Crippen LogP contribution in [0.25, 0.3) is 0 Å². The molecule has 0 heterocycles. The minimum atomic E-state index is -0.216. The fraction of sp³-hybridized carbons (Fsp3) is 0.364. The number of aryl methyl sites for hydroxylation is 1.